The van der Waals surface area contributed by atoms with Gasteiger partial charge in [-0.3, -0.25) is 14.4 Å². The smallest absolute Gasteiger partial charge is 0.326 e. The van der Waals surface area contributed by atoms with Crippen molar-refractivity contribution < 1.29 is 29.4 Å². The largest absolute Gasteiger partial charge is 0.480 e. The van der Waals surface area contributed by atoms with E-state index in [1.54, 1.807) is 30.3 Å². The van der Waals surface area contributed by atoms with Crippen molar-refractivity contribution in [3.8, 4) is 0 Å². The topological polar surface area (TPSA) is 226 Å². The predicted octanol–water partition coefficient (Wildman–Crippen LogP) is -1.43. The molecule has 0 saturated carbocycles. The molecule has 0 spiro atoms. The minimum absolute atomic E-state index is 0.00803. The SMILES string of the molecule is CC(O)C(N)C(=O)NC(Cc1ccccc1)C(=O)NC(Cc1cnc[nH]1)C(=O)NC(CCCCN)C(=O)O. The first-order valence-corrected chi connectivity index (χ1v) is 12.4. The average Bonchev–Trinajstić information content (AvgIpc) is 3.40. The number of aliphatic carboxylic acids is 1. The number of nitrogens with one attached hydrogen (secondary N) is 4. The third-order valence-electron chi connectivity index (χ3n) is 5.91. The Balaban J connectivity index is 2.24. The van der Waals surface area contributed by atoms with Crippen molar-refractivity contribution >= 4 is 23.7 Å². The van der Waals surface area contributed by atoms with Gasteiger partial charge < -0.3 is 42.6 Å². The van der Waals surface area contributed by atoms with Crippen LogP contribution >= 0.6 is 0 Å². The number of imidazole rings is 1. The first-order valence-electron chi connectivity index (χ1n) is 12.4. The van der Waals surface area contributed by atoms with Gasteiger partial charge in [0, 0.05) is 24.7 Å². The second-order valence-electron chi connectivity index (χ2n) is 9.04. The van der Waals surface area contributed by atoms with E-state index in [0.717, 1.165) is 5.56 Å². The minimum atomic E-state index is -1.27. The highest BCUT2D eigenvalue weighted by atomic mass is 16.4. The number of hydrogen-bond acceptors (Lipinski definition) is 8. The third kappa shape index (κ3) is 9.92. The fourth-order valence-corrected chi connectivity index (χ4v) is 3.67. The zero-order valence-electron chi connectivity index (χ0n) is 21.3. The molecule has 1 aromatic heterocycles. The number of aliphatic hydroxyl groups is 1. The summed E-state index contributed by atoms with van der Waals surface area (Å²) in [6, 6.07) is 4.15. The Morgan fingerprint density at radius 1 is 0.947 bits per heavy atom. The molecule has 0 saturated heterocycles. The minimum Gasteiger partial charge on any atom is -0.480 e. The van der Waals surface area contributed by atoms with Crippen molar-refractivity contribution in [3.63, 3.8) is 0 Å². The summed E-state index contributed by atoms with van der Waals surface area (Å²) in [6.45, 7) is 1.75. The number of amides is 3. The fraction of sp³-hybridized carbons (Fsp3) is 0.480. The summed E-state index contributed by atoms with van der Waals surface area (Å²) in [6.07, 6.45) is 3.09. The maximum atomic E-state index is 13.4. The Hall–Kier alpha value is -3.81. The molecule has 0 aliphatic carbocycles. The van der Waals surface area contributed by atoms with Crippen LogP contribution in [-0.2, 0) is 32.0 Å². The maximum absolute atomic E-state index is 13.4. The summed E-state index contributed by atoms with van der Waals surface area (Å²) in [5.41, 5.74) is 12.5. The highest BCUT2D eigenvalue weighted by Gasteiger charge is 2.31. The Morgan fingerprint density at radius 3 is 2.11 bits per heavy atom. The molecule has 1 aromatic carbocycles. The second-order valence-corrected chi connectivity index (χ2v) is 9.04. The molecule has 0 bridgehead atoms. The van der Waals surface area contributed by atoms with Crippen molar-refractivity contribution in [2.75, 3.05) is 6.54 Å². The van der Waals surface area contributed by atoms with Crippen LogP contribution in [0.1, 0.15) is 37.4 Å². The van der Waals surface area contributed by atoms with E-state index in [2.05, 4.69) is 25.9 Å². The maximum Gasteiger partial charge on any atom is 0.326 e. The lowest BCUT2D eigenvalue weighted by Gasteiger charge is -2.25. The molecule has 3 amide bonds. The van der Waals surface area contributed by atoms with E-state index in [4.69, 9.17) is 11.5 Å². The van der Waals surface area contributed by atoms with E-state index >= 15 is 0 Å². The van der Waals surface area contributed by atoms with Crippen molar-refractivity contribution in [1.29, 1.82) is 0 Å². The molecule has 0 aliphatic heterocycles. The van der Waals surface area contributed by atoms with Crippen LogP contribution in [0.15, 0.2) is 42.9 Å². The van der Waals surface area contributed by atoms with E-state index in [1.807, 2.05) is 0 Å². The molecule has 5 atom stereocenters. The molecule has 38 heavy (non-hydrogen) atoms. The monoisotopic (exact) mass is 531 g/mol. The summed E-state index contributed by atoms with van der Waals surface area (Å²) >= 11 is 0. The number of unbranched alkanes of at least 4 members (excludes halogenated alkanes) is 1. The Kier molecular flexibility index (Phi) is 12.4. The van der Waals surface area contributed by atoms with E-state index in [0.29, 0.717) is 25.1 Å². The van der Waals surface area contributed by atoms with Crippen LogP contribution in [0.3, 0.4) is 0 Å². The van der Waals surface area contributed by atoms with Crippen molar-refractivity contribution in [3.05, 3.63) is 54.1 Å². The first-order chi connectivity index (χ1) is 18.1. The number of carboxylic acids is 1. The van der Waals surface area contributed by atoms with Gasteiger partial charge in [0.15, 0.2) is 0 Å². The zero-order chi connectivity index (χ0) is 28.1. The Bertz CT molecular complexity index is 1030. The van der Waals surface area contributed by atoms with Gasteiger partial charge >= 0.3 is 5.97 Å². The first kappa shape index (κ1) is 30.4. The molecular formula is C25H37N7O6. The van der Waals surface area contributed by atoms with Gasteiger partial charge in [0.25, 0.3) is 0 Å². The number of aliphatic hydroxyl groups excluding tert-OH is 1. The quantitative estimate of drug-likeness (QED) is 0.119. The van der Waals surface area contributed by atoms with Crippen molar-refractivity contribution in [2.45, 2.75) is 69.3 Å². The summed E-state index contributed by atoms with van der Waals surface area (Å²) in [5, 5.41) is 26.9. The molecule has 208 valence electrons. The normalized spacial score (nSPS) is 14.9. The molecular weight excluding hydrogens is 494 g/mol. The van der Waals surface area contributed by atoms with Crippen LogP contribution in [0.25, 0.3) is 0 Å². The number of benzene rings is 1. The van der Waals surface area contributed by atoms with Crippen LogP contribution in [0, 0.1) is 0 Å². The molecule has 0 aliphatic rings. The van der Waals surface area contributed by atoms with E-state index in [-0.39, 0.29) is 19.3 Å². The molecule has 2 rings (SSSR count). The molecule has 10 N–H and O–H groups in total. The number of carbonyl (C=O) groups is 4. The highest BCUT2D eigenvalue weighted by Crippen LogP contribution is 2.08. The molecule has 0 fully saturated rings. The van der Waals surface area contributed by atoms with Gasteiger partial charge in [-0.15, -0.1) is 0 Å². The van der Waals surface area contributed by atoms with Crippen LogP contribution in [0.2, 0.25) is 0 Å². The zero-order valence-corrected chi connectivity index (χ0v) is 21.3. The number of carboxylic acid groups (broad SMARTS) is 1. The van der Waals surface area contributed by atoms with E-state index in [1.165, 1.54) is 19.4 Å². The summed E-state index contributed by atoms with van der Waals surface area (Å²) in [5.74, 6) is -3.34. The summed E-state index contributed by atoms with van der Waals surface area (Å²) in [4.78, 5) is 57.6. The third-order valence-corrected chi connectivity index (χ3v) is 5.91. The molecule has 13 heteroatoms. The number of rotatable bonds is 16. The van der Waals surface area contributed by atoms with Crippen molar-refractivity contribution in [2.24, 2.45) is 11.5 Å². The summed E-state index contributed by atoms with van der Waals surface area (Å²) < 4.78 is 0. The van der Waals surface area contributed by atoms with Gasteiger partial charge in [-0.1, -0.05) is 30.3 Å². The Morgan fingerprint density at radius 2 is 1.55 bits per heavy atom. The number of nitrogens with zero attached hydrogens (tertiary/aromatic N) is 1. The van der Waals surface area contributed by atoms with Crippen LogP contribution in [-0.4, -0.2) is 80.7 Å². The molecule has 13 nitrogen and oxygen atoms in total. The van der Waals surface area contributed by atoms with Gasteiger partial charge in [-0.05, 0) is 38.3 Å². The van der Waals surface area contributed by atoms with Crippen LogP contribution in [0.5, 0.6) is 0 Å². The van der Waals surface area contributed by atoms with E-state index in [9.17, 15) is 29.4 Å². The number of carbonyl (C=O) groups excluding carboxylic acids is 3. The lowest BCUT2D eigenvalue weighted by molar-refractivity contribution is -0.142. The number of H-pyrrole nitrogens is 1. The number of aromatic amines is 1. The van der Waals surface area contributed by atoms with Gasteiger partial charge in [-0.2, -0.15) is 0 Å². The standard InChI is InChI=1S/C25H37N7O6/c1-15(33)21(27)24(36)32-19(11-16-7-3-2-4-8-16)22(34)31-20(12-17-13-28-14-29-17)23(35)30-18(25(37)38)9-5-6-10-26/h2-4,7-8,13-15,18-21,33H,5-6,9-12,26-27H2,1H3,(H,28,29)(H,30,35)(H,31,34)(H,32,36)(H,37,38). The Labute approximate surface area is 220 Å². The number of hydrogen-bond donors (Lipinski definition) is 8. The highest BCUT2D eigenvalue weighted by molar-refractivity contribution is 5.94. The van der Waals surface area contributed by atoms with Gasteiger partial charge in [-0.25, -0.2) is 9.78 Å². The van der Waals surface area contributed by atoms with Gasteiger partial charge in [0.1, 0.15) is 24.2 Å². The van der Waals surface area contributed by atoms with Crippen LogP contribution in [0.4, 0.5) is 0 Å². The summed E-state index contributed by atoms with van der Waals surface area (Å²) in [7, 11) is 0. The molecule has 0 radical (unpaired) electrons. The predicted molar refractivity (Wildman–Crippen MR) is 138 cm³/mol. The van der Waals surface area contributed by atoms with Crippen LogP contribution < -0.4 is 27.4 Å². The average molecular weight is 532 g/mol. The molecule has 1 heterocycles. The van der Waals surface area contributed by atoms with Gasteiger partial charge in [0.05, 0.1) is 12.4 Å². The fourth-order valence-electron chi connectivity index (χ4n) is 3.67. The molecule has 2 aromatic rings. The number of nitrogens with two attached hydrogens (primary N) is 2. The molecule has 5 unspecified atom stereocenters. The number of aromatic nitrogens is 2. The van der Waals surface area contributed by atoms with Crippen molar-refractivity contribution in [1.82, 2.24) is 25.9 Å². The van der Waals surface area contributed by atoms with Gasteiger partial charge in [0.2, 0.25) is 17.7 Å². The lowest BCUT2D eigenvalue weighted by Crippen LogP contribution is -2.59. The second kappa shape index (κ2) is 15.4. The lowest BCUT2D eigenvalue weighted by atomic mass is 10.0. The van der Waals surface area contributed by atoms with E-state index < -0.39 is 54.0 Å².